The summed E-state index contributed by atoms with van der Waals surface area (Å²) in [5.41, 5.74) is 10.1. The highest BCUT2D eigenvalue weighted by Gasteiger charge is 2.25. The van der Waals surface area contributed by atoms with Crippen molar-refractivity contribution >= 4 is 11.6 Å². The van der Waals surface area contributed by atoms with Crippen LogP contribution >= 0.6 is 0 Å². The predicted octanol–water partition coefficient (Wildman–Crippen LogP) is 4.18. The van der Waals surface area contributed by atoms with E-state index in [-0.39, 0.29) is 5.91 Å². The van der Waals surface area contributed by atoms with Crippen molar-refractivity contribution in [2.75, 3.05) is 5.73 Å². The largest absolute Gasteiger partial charge is 0.399 e. The Bertz CT molecular complexity index is 926. The van der Waals surface area contributed by atoms with Crippen LogP contribution < -0.4 is 11.1 Å². The Morgan fingerprint density at radius 2 is 1.89 bits per heavy atom. The van der Waals surface area contributed by atoms with Crippen molar-refractivity contribution in [1.29, 1.82) is 0 Å². The van der Waals surface area contributed by atoms with Gasteiger partial charge in [0.15, 0.2) is 0 Å². The number of nitrogen functional groups attached to an aromatic ring is 1. The smallest absolute Gasteiger partial charge is 0.255 e. The Labute approximate surface area is 159 Å². The molecule has 1 saturated carbocycles. The lowest BCUT2D eigenvalue weighted by atomic mass is 10.1. The van der Waals surface area contributed by atoms with E-state index in [0.29, 0.717) is 23.8 Å². The summed E-state index contributed by atoms with van der Waals surface area (Å²) in [6, 6.07) is 18.0. The van der Waals surface area contributed by atoms with Crippen LogP contribution in [0.3, 0.4) is 0 Å². The molecule has 2 aromatic carbocycles. The number of aromatic nitrogens is 2. The van der Waals surface area contributed by atoms with Gasteiger partial charge in [0.05, 0.1) is 23.5 Å². The molecule has 1 aromatic heterocycles. The molecule has 5 heteroatoms. The SMILES string of the molecule is Nc1cccc(CNC(=O)c2cnn(C3CCCC3)c2-c2ccccc2)c1. The molecule has 0 aliphatic heterocycles. The van der Waals surface area contributed by atoms with Gasteiger partial charge in [-0.05, 0) is 30.5 Å². The number of anilines is 1. The summed E-state index contributed by atoms with van der Waals surface area (Å²) < 4.78 is 2.05. The van der Waals surface area contributed by atoms with Gasteiger partial charge >= 0.3 is 0 Å². The van der Waals surface area contributed by atoms with Crippen LogP contribution in [0, 0.1) is 0 Å². The van der Waals surface area contributed by atoms with Gasteiger partial charge in [-0.2, -0.15) is 5.10 Å². The molecule has 1 heterocycles. The Balaban J connectivity index is 1.62. The summed E-state index contributed by atoms with van der Waals surface area (Å²) in [5.74, 6) is -0.111. The van der Waals surface area contributed by atoms with Gasteiger partial charge in [-0.1, -0.05) is 55.3 Å². The molecule has 1 fully saturated rings. The highest BCUT2D eigenvalue weighted by Crippen LogP contribution is 2.34. The molecular formula is C22H24N4O. The van der Waals surface area contributed by atoms with E-state index in [1.54, 1.807) is 6.20 Å². The average molecular weight is 360 g/mol. The molecule has 0 radical (unpaired) electrons. The van der Waals surface area contributed by atoms with Crippen LogP contribution in [-0.4, -0.2) is 15.7 Å². The fourth-order valence-corrected chi connectivity index (χ4v) is 3.82. The molecule has 5 nitrogen and oxygen atoms in total. The van der Waals surface area contributed by atoms with E-state index in [2.05, 4.69) is 15.1 Å². The number of carbonyl (C=O) groups excluding carboxylic acids is 1. The molecule has 138 valence electrons. The molecule has 0 saturated heterocycles. The van der Waals surface area contributed by atoms with Crippen molar-refractivity contribution in [2.45, 2.75) is 38.3 Å². The number of rotatable bonds is 5. The first-order chi connectivity index (χ1) is 13.2. The first-order valence-corrected chi connectivity index (χ1v) is 9.48. The molecule has 4 rings (SSSR count). The number of nitrogens with two attached hydrogens (primary N) is 1. The Morgan fingerprint density at radius 3 is 2.63 bits per heavy atom. The van der Waals surface area contributed by atoms with E-state index in [1.165, 1.54) is 12.8 Å². The molecule has 3 N–H and O–H groups in total. The normalized spacial score (nSPS) is 14.4. The van der Waals surface area contributed by atoms with Crippen LogP contribution in [0.25, 0.3) is 11.3 Å². The maximum atomic E-state index is 12.9. The third-order valence-corrected chi connectivity index (χ3v) is 5.16. The number of carbonyl (C=O) groups is 1. The van der Waals surface area contributed by atoms with E-state index in [1.807, 2.05) is 54.6 Å². The predicted molar refractivity (Wildman–Crippen MR) is 107 cm³/mol. The van der Waals surface area contributed by atoms with Crippen LogP contribution in [0.5, 0.6) is 0 Å². The highest BCUT2D eigenvalue weighted by molar-refractivity contribution is 5.99. The Morgan fingerprint density at radius 1 is 1.11 bits per heavy atom. The van der Waals surface area contributed by atoms with Gasteiger partial charge in [0.25, 0.3) is 5.91 Å². The molecular weight excluding hydrogens is 336 g/mol. The number of amides is 1. The number of hydrogen-bond acceptors (Lipinski definition) is 3. The van der Waals surface area contributed by atoms with Gasteiger partial charge in [0, 0.05) is 17.8 Å². The van der Waals surface area contributed by atoms with Gasteiger partial charge in [-0.15, -0.1) is 0 Å². The molecule has 1 aliphatic rings. The minimum Gasteiger partial charge on any atom is -0.399 e. The second-order valence-corrected chi connectivity index (χ2v) is 7.08. The third kappa shape index (κ3) is 3.72. The first kappa shape index (κ1) is 17.3. The minimum atomic E-state index is -0.111. The van der Waals surface area contributed by atoms with Crippen molar-refractivity contribution in [1.82, 2.24) is 15.1 Å². The fourth-order valence-electron chi connectivity index (χ4n) is 3.82. The zero-order valence-corrected chi connectivity index (χ0v) is 15.3. The molecule has 1 aliphatic carbocycles. The lowest BCUT2D eigenvalue weighted by Gasteiger charge is -2.15. The summed E-state index contributed by atoms with van der Waals surface area (Å²) in [5, 5.41) is 7.61. The second kappa shape index (κ2) is 7.66. The van der Waals surface area contributed by atoms with Gasteiger partial charge in [-0.25, -0.2) is 0 Å². The molecule has 0 atom stereocenters. The fraction of sp³-hybridized carbons (Fsp3) is 0.273. The number of benzene rings is 2. The lowest BCUT2D eigenvalue weighted by Crippen LogP contribution is -2.23. The monoisotopic (exact) mass is 360 g/mol. The van der Waals surface area contributed by atoms with Gasteiger partial charge in [0.2, 0.25) is 0 Å². The molecule has 0 unspecified atom stereocenters. The van der Waals surface area contributed by atoms with Crippen molar-refractivity contribution < 1.29 is 4.79 Å². The number of nitrogens with zero attached hydrogens (tertiary/aromatic N) is 2. The number of hydrogen-bond donors (Lipinski definition) is 2. The quantitative estimate of drug-likeness (QED) is 0.671. The van der Waals surface area contributed by atoms with E-state index in [9.17, 15) is 4.79 Å². The van der Waals surface area contributed by atoms with E-state index < -0.39 is 0 Å². The highest BCUT2D eigenvalue weighted by atomic mass is 16.1. The van der Waals surface area contributed by atoms with Crippen molar-refractivity contribution in [2.24, 2.45) is 0 Å². The maximum Gasteiger partial charge on any atom is 0.255 e. The van der Waals surface area contributed by atoms with Crippen LogP contribution in [0.15, 0.2) is 60.8 Å². The van der Waals surface area contributed by atoms with Crippen molar-refractivity contribution in [3.63, 3.8) is 0 Å². The van der Waals surface area contributed by atoms with Crippen molar-refractivity contribution in [3.05, 3.63) is 71.9 Å². The van der Waals surface area contributed by atoms with Gasteiger partial charge in [0.1, 0.15) is 0 Å². The van der Waals surface area contributed by atoms with Gasteiger partial charge < -0.3 is 11.1 Å². The molecule has 27 heavy (non-hydrogen) atoms. The summed E-state index contributed by atoms with van der Waals surface area (Å²) in [4.78, 5) is 12.9. The average Bonchev–Trinajstić information content (AvgIpc) is 3.36. The minimum absolute atomic E-state index is 0.111. The molecule has 0 bridgehead atoms. The van der Waals surface area contributed by atoms with E-state index in [0.717, 1.165) is 29.7 Å². The van der Waals surface area contributed by atoms with E-state index in [4.69, 9.17) is 5.73 Å². The summed E-state index contributed by atoms with van der Waals surface area (Å²) in [6.45, 7) is 0.437. The van der Waals surface area contributed by atoms with Crippen molar-refractivity contribution in [3.8, 4) is 11.3 Å². The second-order valence-electron chi connectivity index (χ2n) is 7.08. The third-order valence-electron chi connectivity index (χ3n) is 5.16. The van der Waals surface area contributed by atoms with Crippen LogP contribution in [-0.2, 0) is 6.54 Å². The number of nitrogens with one attached hydrogen (secondary N) is 1. The maximum absolute atomic E-state index is 12.9. The molecule has 0 spiro atoms. The zero-order chi connectivity index (χ0) is 18.6. The summed E-state index contributed by atoms with van der Waals surface area (Å²) >= 11 is 0. The van der Waals surface area contributed by atoms with Crippen LogP contribution in [0.4, 0.5) is 5.69 Å². The standard InChI is InChI=1S/C22H24N4O/c23-18-10-6-7-16(13-18)14-24-22(27)20-15-25-26(19-11-4-5-12-19)21(20)17-8-2-1-3-9-17/h1-3,6-10,13,15,19H,4-5,11-12,14,23H2,(H,24,27). The van der Waals surface area contributed by atoms with Crippen LogP contribution in [0.1, 0.15) is 47.6 Å². The molecule has 1 amide bonds. The molecule has 3 aromatic rings. The zero-order valence-electron chi connectivity index (χ0n) is 15.3. The summed E-state index contributed by atoms with van der Waals surface area (Å²) in [7, 11) is 0. The first-order valence-electron chi connectivity index (χ1n) is 9.48. The van der Waals surface area contributed by atoms with Crippen LogP contribution in [0.2, 0.25) is 0 Å². The van der Waals surface area contributed by atoms with E-state index >= 15 is 0 Å². The lowest BCUT2D eigenvalue weighted by molar-refractivity contribution is 0.0951. The Hall–Kier alpha value is -3.08. The Kier molecular flexibility index (Phi) is 4.92. The summed E-state index contributed by atoms with van der Waals surface area (Å²) in [6.07, 6.45) is 6.37. The van der Waals surface area contributed by atoms with Gasteiger partial charge in [-0.3, -0.25) is 9.48 Å². The topological polar surface area (TPSA) is 72.9 Å².